The van der Waals surface area contributed by atoms with Crippen molar-refractivity contribution in [2.24, 2.45) is 0 Å². The molecule has 2 amide bonds. The molecule has 2 aromatic carbocycles. The second kappa shape index (κ2) is 9.22. The number of rotatable bonds is 8. The van der Waals surface area contributed by atoms with E-state index in [1.54, 1.807) is 17.1 Å². The monoisotopic (exact) mass is 428 g/mol. The summed E-state index contributed by atoms with van der Waals surface area (Å²) in [7, 11) is 0. The number of anilines is 1. The van der Waals surface area contributed by atoms with Gasteiger partial charge in [0.1, 0.15) is 12.4 Å². The predicted molar refractivity (Wildman–Crippen MR) is 128 cm³/mol. The highest BCUT2D eigenvalue weighted by atomic mass is 16.2. The lowest BCUT2D eigenvalue weighted by Gasteiger charge is -2.21. The maximum Gasteiger partial charge on any atom is 0.243 e. The van der Waals surface area contributed by atoms with Crippen molar-refractivity contribution in [2.45, 2.75) is 25.8 Å². The smallest absolute Gasteiger partial charge is 0.243 e. The second-order valence-electron chi connectivity index (χ2n) is 8.16. The van der Waals surface area contributed by atoms with E-state index in [4.69, 9.17) is 4.98 Å². The molecule has 32 heavy (non-hydrogen) atoms. The highest BCUT2D eigenvalue weighted by Crippen LogP contribution is 2.33. The summed E-state index contributed by atoms with van der Waals surface area (Å²) in [4.78, 5) is 34.3. The number of imidazole rings is 1. The zero-order valence-corrected chi connectivity index (χ0v) is 18.4. The number of aromatic nitrogens is 2. The lowest BCUT2D eigenvalue weighted by molar-refractivity contribution is -0.130. The van der Waals surface area contributed by atoms with Gasteiger partial charge in [0, 0.05) is 37.7 Å². The van der Waals surface area contributed by atoms with Crippen LogP contribution in [0.2, 0.25) is 0 Å². The second-order valence-corrected chi connectivity index (χ2v) is 8.16. The Bertz CT molecular complexity index is 1150. The molecule has 1 aliphatic heterocycles. The first-order chi connectivity index (χ1) is 15.5. The third-order valence-electron chi connectivity index (χ3n) is 5.86. The number of para-hydroxylation sites is 2. The lowest BCUT2D eigenvalue weighted by atomic mass is 10.1. The van der Waals surface area contributed by atoms with Gasteiger partial charge >= 0.3 is 0 Å². The topological polar surface area (TPSA) is 58.4 Å². The summed E-state index contributed by atoms with van der Waals surface area (Å²) in [5.74, 6) is 0.730. The minimum absolute atomic E-state index is 0.0334. The Morgan fingerprint density at radius 1 is 1.12 bits per heavy atom. The van der Waals surface area contributed by atoms with E-state index in [9.17, 15) is 9.59 Å². The van der Waals surface area contributed by atoms with E-state index in [1.165, 1.54) is 0 Å². The molecular formula is C26H28N4O2. The quantitative estimate of drug-likeness (QED) is 0.508. The summed E-state index contributed by atoms with van der Waals surface area (Å²) >= 11 is 0. The molecule has 0 spiro atoms. The van der Waals surface area contributed by atoms with Gasteiger partial charge in [-0.2, -0.15) is 0 Å². The number of aryl methyl sites for hydroxylation is 1. The Morgan fingerprint density at radius 2 is 1.81 bits per heavy atom. The summed E-state index contributed by atoms with van der Waals surface area (Å²) in [6.45, 7) is 11.1. The number of carbonyl (C=O) groups excluding carboxylic acids is 2. The lowest BCUT2D eigenvalue weighted by Crippen LogP contribution is -2.34. The summed E-state index contributed by atoms with van der Waals surface area (Å²) < 4.78 is 1.97. The van der Waals surface area contributed by atoms with Crippen LogP contribution < -0.4 is 4.90 Å². The third kappa shape index (κ3) is 4.21. The molecule has 164 valence electrons. The van der Waals surface area contributed by atoms with Crippen molar-refractivity contribution in [3.63, 3.8) is 0 Å². The Labute approximate surface area is 188 Å². The molecule has 6 heteroatoms. The summed E-state index contributed by atoms with van der Waals surface area (Å²) in [5.41, 5.74) is 3.77. The van der Waals surface area contributed by atoms with E-state index in [2.05, 4.69) is 13.2 Å². The van der Waals surface area contributed by atoms with E-state index >= 15 is 0 Å². The van der Waals surface area contributed by atoms with Gasteiger partial charge in [0.25, 0.3) is 0 Å². The number of nitrogens with zero attached hydrogens (tertiary/aromatic N) is 4. The first-order valence-corrected chi connectivity index (χ1v) is 10.8. The average molecular weight is 429 g/mol. The number of fused-ring (bicyclic) bond motifs is 1. The maximum absolute atomic E-state index is 13.1. The van der Waals surface area contributed by atoms with Crippen LogP contribution in [0.3, 0.4) is 0 Å². The molecule has 0 radical (unpaired) electrons. The van der Waals surface area contributed by atoms with Gasteiger partial charge in [0.05, 0.1) is 11.0 Å². The molecule has 4 rings (SSSR count). The molecule has 1 fully saturated rings. The molecule has 3 aromatic rings. The van der Waals surface area contributed by atoms with Gasteiger partial charge in [-0.25, -0.2) is 4.98 Å². The SMILES string of the molecule is C=CCN(CC=C)C(=O)Cn1c([C@@H]2CC(=O)N(c3ccc(C)cc3)C2)nc2ccccc21. The molecule has 0 aliphatic carbocycles. The number of carbonyl (C=O) groups is 2. The van der Waals surface area contributed by atoms with E-state index in [1.807, 2.05) is 64.9 Å². The molecule has 0 saturated carbocycles. The maximum atomic E-state index is 13.1. The molecule has 1 aliphatic rings. The molecule has 1 aromatic heterocycles. The first-order valence-electron chi connectivity index (χ1n) is 10.8. The van der Waals surface area contributed by atoms with Gasteiger partial charge in [-0.05, 0) is 31.2 Å². The summed E-state index contributed by atoms with van der Waals surface area (Å²) in [5, 5.41) is 0. The van der Waals surface area contributed by atoms with Gasteiger partial charge in [-0.1, -0.05) is 42.0 Å². The van der Waals surface area contributed by atoms with E-state index in [-0.39, 0.29) is 24.3 Å². The van der Waals surface area contributed by atoms with Crippen LogP contribution in [-0.2, 0) is 16.1 Å². The van der Waals surface area contributed by atoms with Crippen molar-refractivity contribution in [1.29, 1.82) is 0 Å². The largest absolute Gasteiger partial charge is 0.334 e. The van der Waals surface area contributed by atoms with Crippen LogP contribution in [0, 0.1) is 6.92 Å². The Kier molecular flexibility index (Phi) is 6.21. The minimum Gasteiger partial charge on any atom is -0.334 e. The van der Waals surface area contributed by atoms with Crippen molar-refractivity contribution >= 4 is 28.5 Å². The number of benzene rings is 2. The zero-order chi connectivity index (χ0) is 22.7. The van der Waals surface area contributed by atoms with Crippen molar-refractivity contribution in [1.82, 2.24) is 14.5 Å². The number of amides is 2. The summed E-state index contributed by atoms with van der Waals surface area (Å²) in [6.07, 6.45) is 3.79. The fourth-order valence-electron chi connectivity index (χ4n) is 4.25. The normalized spacial score (nSPS) is 15.8. The molecule has 2 heterocycles. The van der Waals surface area contributed by atoms with Crippen LogP contribution in [0.4, 0.5) is 5.69 Å². The van der Waals surface area contributed by atoms with Gasteiger partial charge in [-0.15, -0.1) is 13.2 Å². The van der Waals surface area contributed by atoms with Crippen LogP contribution in [0.15, 0.2) is 73.8 Å². The van der Waals surface area contributed by atoms with Gasteiger partial charge in [0.2, 0.25) is 11.8 Å². The van der Waals surface area contributed by atoms with Gasteiger partial charge in [0.15, 0.2) is 0 Å². The van der Waals surface area contributed by atoms with Crippen LogP contribution >= 0.6 is 0 Å². The molecule has 0 bridgehead atoms. The average Bonchev–Trinajstić information content (AvgIpc) is 3.35. The van der Waals surface area contributed by atoms with Gasteiger partial charge < -0.3 is 14.4 Å². The van der Waals surface area contributed by atoms with Crippen molar-refractivity contribution < 1.29 is 9.59 Å². The fourth-order valence-corrected chi connectivity index (χ4v) is 4.25. The van der Waals surface area contributed by atoms with Crippen LogP contribution in [0.1, 0.15) is 23.7 Å². The molecule has 0 N–H and O–H groups in total. The molecule has 6 nitrogen and oxygen atoms in total. The Hall–Kier alpha value is -3.67. The predicted octanol–water partition coefficient (Wildman–Crippen LogP) is 4.07. The van der Waals surface area contributed by atoms with Gasteiger partial charge in [-0.3, -0.25) is 9.59 Å². The molecular weight excluding hydrogens is 400 g/mol. The van der Waals surface area contributed by atoms with Crippen LogP contribution in [-0.4, -0.2) is 45.9 Å². The third-order valence-corrected chi connectivity index (χ3v) is 5.86. The first kappa shape index (κ1) is 21.6. The molecule has 1 atom stereocenters. The molecule has 1 saturated heterocycles. The molecule has 0 unspecified atom stereocenters. The Balaban J connectivity index is 1.66. The highest BCUT2D eigenvalue weighted by molar-refractivity contribution is 5.96. The van der Waals surface area contributed by atoms with E-state index in [0.717, 1.165) is 28.1 Å². The van der Waals surface area contributed by atoms with Crippen LogP contribution in [0.25, 0.3) is 11.0 Å². The number of hydrogen-bond acceptors (Lipinski definition) is 3. The van der Waals surface area contributed by atoms with Crippen molar-refractivity contribution in [3.05, 3.63) is 85.2 Å². The standard InChI is InChI=1S/C26H28N4O2/c1-4-14-28(15-5-2)25(32)18-30-23-9-7-6-8-22(23)27-26(30)20-16-24(31)29(17-20)21-12-10-19(3)11-13-21/h4-13,20H,1-2,14-18H2,3H3/t20-/m1/s1. The van der Waals surface area contributed by atoms with Crippen LogP contribution in [0.5, 0.6) is 0 Å². The van der Waals surface area contributed by atoms with E-state index < -0.39 is 0 Å². The van der Waals surface area contributed by atoms with E-state index in [0.29, 0.717) is 26.1 Å². The number of hydrogen-bond donors (Lipinski definition) is 0. The van der Waals surface area contributed by atoms with Crippen molar-refractivity contribution in [2.75, 3.05) is 24.5 Å². The highest BCUT2D eigenvalue weighted by Gasteiger charge is 2.35. The Morgan fingerprint density at radius 3 is 2.50 bits per heavy atom. The fraction of sp³-hybridized carbons (Fsp3) is 0.269. The summed E-state index contributed by atoms with van der Waals surface area (Å²) in [6, 6.07) is 15.8. The minimum atomic E-state index is -0.0868. The zero-order valence-electron chi connectivity index (χ0n) is 18.4. The van der Waals surface area contributed by atoms with Crippen molar-refractivity contribution in [3.8, 4) is 0 Å².